The van der Waals surface area contributed by atoms with E-state index < -0.39 is 17.5 Å². The zero-order chi connectivity index (χ0) is 17.7. The molecule has 1 atom stereocenters. The Morgan fingerprint density at radius 2 is 1.96 bits per heavy atom. The van der Waals surface area contributed by atoms with Crippen molar-refractivity contribution in [3.63, 3.8) is 0 Å². The fourth-order valence-electron chi connectivity index (χ4n) is 2.74. The maximum Gasteiger partial charge on any atom is 0.345 e. The van der Waals surface area contributed by atoms with Gasteiger partial charge in [-0.25, -0.2) is 4.79 Å². The zero-order valence-electron chi connectivity index (χ0n) is 13.6. The average molecular weight is 341 g/mol. The summed E-state index contributed by atoms with van der Waals surface area (Å²) < 4.78 is 10.9. The number of rotatable bonds is 6. The number of carboxylic acid groups (broad SMARTS) is 1. The third-order valence-corrected chi connectivity index (χ3v) is 4.07. The van der Waals surface area contributed by atoms with Crippen LogP contribution in [0.5, 0.6) is 5.75 Å². The van der Waals surface area contributed by atoms with Crippen LogP contribution < -0.4 is 10.1 Å². The molecular weight excluding hydrogens is 322 g/mol. The lowest BCUT2D eigenvalue weighted by Crippen LogP contribution is -2.49. The summed E-state index contributed by atoms with van der Waals surface area (Å²) in [5.74, 6) is -1.16. The highest BCUT2D eigenvalue weighted by atomic mass is 16.5. The smallest absolute Gasteiger partial charge is 0.345 e. The first kappa shape index (κ1) is 17.0. The van der Waals surface area contributed by atoms with Gasteiger partial charge in [0.1, 0.15) is 12.4 Å². The fourth-order valence-corrected chi connectivity index (χ4v) is 2.74. The number of benzene rings is 2. The second-order valence-electron chi connectivity index (χ2n) is 5.84. The van der Waals surface area contributed by atoms with Crippen LogP contribution in [-0.4, -0.2) is 29.2 Å². The minimum atomic E-state index is -1.80. The van der Waals surface area contributed by atoms with E-state index >= 15 is 0 Å². The Labute approximate surface area is 145 Å². The van der Waals surface area contributed by atoms with Crippen molar-refractivity contribution < 1.29 is 24.2 Å². The molecule has 1 aliphatic rings. The number of hydrogen-bond acceptors (Lipinski definition) is 4. The van der Waals surface area contributed by atoms with Crippen LogP contribution in [0, 0.1) is 0 Å². The minimum Gasteiger partial charge on any atom is -0.489 e. The number of nitrogens with one attached hydrogen (secondary N) is 1. The lowest BCUT2D eigenvalue weighted by molar-refractivity contribution is -0.165. The number of carboxylic acids is 1. The van der Waals surface area contributed by atoms with E-state index in [1.54, 1.807) is 18.2 Å². The lowest BCUT2D eigenvalue weighted by Gasteiger charge is -2.22. The standard InChI is InChI=1S/C19H19NO5/c21-17(19(18(22)23)10-5-11-25-19)20-15-7-4-6-14(12-15)13-24-16-8-2-1-3-9-16/h1-4,6-9,12H,5,10-11,13H2,(H,20,21)(H,22,23). The molecule has 0 bridgehead atoms. The molecule has 1 aliphatic heterocycles. The maximum atomic E-state index is 12.4. The molecule has 1 saturated heterocycles. The van der Waals surface area contributed by atoms with Crippen LogP contribution in [-0.2, 0) is 20.9 Å². The maximum absolute atomic E-state index is 12.4. The molecule has 0 aromatic heterocycles. The Morgan fingerprint density at radius 1 is 1.16 bits per heavy atom. The molecule has 6 nitrogen and oxygen atoms in total. The first-order valence-corrected chi connectivity index (χ1v) is 8.06. The Balaban J connectivity index is 1.67. The Hall–Kier alpha value is -2.86. The van der Waals surface area contributed by atoms with E-state index in [9.17, 15) is 14.7 Å². The van der Waals surface area contributed by atoms with Crippen LogP contribution in [0.3, 0.4) is 0 Å². The number of aliphatic carboxylic acids is 1. The molecule has 2 N–H and O–H groups in total. The van der Waals surface area contributed by atoms with E-state index in [2.05, 4.69) is 5.32 Å². The van der Waals surface area contributed by atoms with E-state index in [-0.39, 0.29) is 13.0 Å². The van der Waals surface area contributed by atoms with Crippen LogP contribution in [0.25, 0.3) is 0 Å². The second-order valence-corrected chi connectivity index (χ2v) is 5.84. The summed E-state index contributed by atoms with van der Waals surface area (Å²) in [6, 6.07) is 16.5. The van der Waals surface area contributed by atoms with Crippen molar-refractivity contribution in [3.05, 3.63) is 60.2 Å². The Morgan fingerprint density at radius 3 is 2.64 bits per heavy atom. The van der Waals surface area contributed by atoms with Gasteiger partial charge in [-0.3, -0.25) is 4.79 Å². The Kier molecular flexibility index (Phi) is 5.00. The van der Waals surface area contributed by atoms with Crippen LogP contribution in [0.2, 0.25) is 0 Å². The summed E-state index contributed by atoms with van der Waals surface area (Å²) in [6.07, 6.45) is 0.718. The molecule has 6 heteroatoms. The highest BCUT2D eigenvalue weighted by Crippen LogP contribution is 2.28. The third kappa shape index (κ3) is 3.80. The molecule has 1 fully saturated rings. The highest BCUT2D eigenvalue weighted by Gasteiger charge is 2.50. The molecule has 1 unspecified atom stereocenters. The third-order valence-electron chi connectivity index (χ3n) is 4.07. The molecule has 2 aromatic carbocycles. The summed E-state index contributed by atoms with van der Waals surface area (Å²) in [6.45, 7) is 0.610. The van der Waals surface area contributed by atoms with Gasteiger partial charge in [0.2, 0.25) is 5.60 Å². The topological polar surface area (TPSA) is 84.9 Å². The van der Waals surface area contributed by atoms with E-state index in [0.717, 1.165) is 11.3 Å². The summed E-state index contributed by atoms with van der Waals surface area (Å²) >= 11 is 0. The van der Waals surface area contributed by atoms with Gasteiger partial charge < -0.3 is 19.9 Å². The van der Waals surface area contributed by atoms with Crippen molar-refractivity contribution in [2.24, 2.45) is 0 Å². The minimum absolute atomic E-state index is 0.172. The summed E-state index contributed by atoms with van der Waals surface area (Å²) in [4.78, 5) is 23.9. The predicted octanol–water partition coefficient (Wildman–Crippen LogP) is 2.84. The predicted molar refractivity (Wildman–Crippen MR) is 91.4 cm³/mol. The van der Waals surface area contributed by atoms with Crippen molar-refractivity contribution in [1.29, 1.82) is 0 Å². The number of ether oxygens (including phenoxy) is 2. The van der Waals surface area contributed by atoms with E-state index in [1.807, 2.05) is 36.4 Å². The SMILES string of the molecule is O=C(O)C1(C(=O)Nc2cccc(COc3ccccc3)c2)CCCO1. The quantitative estimate of drug-likeness (QED) is 0.789. The summed E-state index contributed by atoms with van der Waals surface area (Å²) in [5.41, 5.74) is -0.426. The highest BCUT2D eigenvalue weighted by molar-refractivity contribution is 6.11. The van der Waals surface area contributed by atoms with Crippen LogP contribution in [0.4, 0.5) is 5.69 Å². The molecule has 1 amide bonds. The number of amides is 1. The van der Waals surface area contributed by atoms with Gasteiger partial charge in [0, 0.05) is 12.3 Å². The summed E-state index contributed by atoms with van der Waals surface area (Å²) in [7, 11) is 0. The van der Waals surface area contributed by atoms with Gasteiger partial charge in [-0.15, -0.1) is 0 Å². The molecule has 0 spiro atoms. The number of para-hydroxylation sites is 1. The van der Waals surface area contributed by atoms with Gasteiger partial charge in [0.05, 0.1) is 0 Å². The molecule has 25 heavy (non-hydrogen) atoms. The van der Waals surface area contributed by atoms with Gasteiger partial charge in [-0.1, -0.05) is 30.3 Å². The van der Waals surface area contributed by atoms with Crippen LogP contribution in [0.15, 0.2) is 54.6 Å². The van der Waals surface area contributed by atoms with Crippen molar-refractivity contribution in [3.8, 4) is 5.75 Å². The molecule has 1 heterocycles. The fraction of sp³-hybridized carbons (Fsp3) is 0.263. The van der Waals surface area contributed by atoms with E-state index in [0.29, 0.717) is 18.7 Å². The van der Waals surface area contributed by atoms with Crippen LogP contribution in [0.1, 0.15) is 18.4 Å². The largest absolute Gasteiger partial charge is 0.489 e. The van der Waals surface area contributed by atoms with E-state index in [1.165, 1.54) is 0 Å². The number of carbonyl (C=O) groups excluding carboxylic acids is 1. The normalized spacial score (nSPS) is 19.4. The van der Waals surface area contributed by atoms with Crippen molar-refractivity contribution >= 4 is 17.6 Å². The second kappa shape index (κ2) is 7.36. The monoisotopic (exact) mass is 341 g/mol. The molecule has 2 aromatic rings. The van der Waals surface area contributed by atoms with Gasteiger partial charge in [0.15, 0.2) is 0 Å². The van der Waals surface area contributed by atoms with Crippen LogP contribution >= 0.6 is 0 Å². The van der Waals surface area contributed by atoms with Crippen molar-refractivity contribution in [2.45, 2.75) is 25.0 Å². The first-order chi connectivity index (χ1) is 12.1. The molecule has 130 valence electrons. The number of carbonyl (C=O) groups is 2. The van der Waals surface area contributed by atoms with Crippen molar-refractivity contribution in [2.75, 3.05) is 11.9 Å². The van der Waals surface area contributed by atoms with Gasteiger partial charge in [-0.2, -0.15) is 0 Å². The van der Waals surface area contributed by atoms with Gasteiger partial charge in [-0.05, 0) is 42.7 Å². The molecule has 0 saturated carbocycles. The number of hydrogen-bond donors (Lipinski definition) is 2. The van der Waals surface area contributed by atoms with E-state index in [4.69, 9.17) is 9.47 Å². The zero-order valence-corrected chi connectivity index (χ0v) is 13.6. The molecular formula is C19H19NO5. The number of anilines is 1. The molecule has 0 aliphatic carbocycles. The average Bonchev–Trinajstić information content (AvgIpc) is 3.13. The summed E-state index contributed by atoms with van der Waals surface area (Å²) in [5, 5.41) is 12.0. The van der Waals surface area contributed by atoms with Crippen molar-refractivity contribution in [1.82, 2.24) is 0 Å². The molecule has 3 rings (SSSR count). The van der Waals surface area contributed by atoms with Gasteiger partial charge >= 0.3 is 5.97 Å². The lowest BCUT2D eigenvalue weighted by atomic mass is 9.99. The Bertz CT molecular complexity index is 753. The molecule has 0 radical (unpaired) electrons. The van der Waals surface area contributed by atoms with Gasteiger partial charge in [0.25, 0.3) is 5.91 Å². The first-order valence-electron chi connectivity index (χ1n) is 8.06.